The zero-order valence-corrected chi connectivity index (χ0v) is 11.4. The van der Waals surface area contributed by atoms with Gasteiger partial charge in [-0.05, 0) is 27.2 Å². The first kappa shape index (κ1) is 15.0. The molecular formula is C13H23NO4. The summed E-state index contributed by atoms with van der Waals surface area (Å²) in [5, 5.41) is 9.30. The lowest BCUT2D eigenvalue weighted by molar-refractivity contribution is 0.0145. The van der Waals surface area contributed by atoms with Gasteiger partial charge in [-0.3, -0.25) is 0 Å². The van der Waals surface area contributed by atoms with Gasteiger partial charge in [-0.15, -0.1) is 6.58 Å². The summed E-state index contributed by atoms with van der Waals surface area (Å²) in [7, 11) is 0. The van der Waals surface area contributed by atoms with E-state index in [9.17, 15) is 9.90 Å². The van der Waals surface area contributed by atoms with Crippen LogP contribution in [0.25, 0.3) is 0 Å². The van der Waals surface area contributed by atoms with Gasteiger partial charge in [-0.1, -0.05) is 6.08 Å². The molecule has 0 aliphatic carbocycles. The van der Waals surface area contributed by atoms with E-state index in [1.165, 1.54) is 0 Å². The van der Waals surface area contributed by atoms with E-state index in [1.54, 1.807) is 11.0 Å². The van der Waals surface area contributed by atoms with E-state index in [0.29, 0.717) is 19.6 Å². The van der Waals surface area contributed by atoms with Crippen LogP contribution in [-0.2, 0) is 9.47 Å². The molecule has 1 aliphatic rings. The number of amides is 1. The zero-order chi connectivity index (χ0) is 13.8. The molecule has 18 heavy (non-hydrogen) atoms. The molecule has 0 saturated carbocycles. The van der Waals surface area contributed by atoms with Crippen LogP contribution >= 0.6 is 0 Å². The van der Waals surface area contributed by atoms with Crippen molar-refractivity contribution in [3.8, 4) is 0 Å². The summed E-state index contributed by atoms with van der Waals surface area (Å²) in [5.74, 6) is 0. The summed E-state index contributed by atoms with van der Waals surface area (Å²) in [5.41, 5.74) is -0.531. The average Bonchev–Trinajstić information content (AvgIpc) is 2.67. The molecule has 0 aromatic rings. The molecule has 0 unspecified atom stereocenters. The second-order valence-electron chi connectivity index (χ2n) is 5.45. The monoisotopic (exact) mass is 257 g/mol. The van der Waals surface area contributed by atoms with Gasteiger partial charge in [-0.25, -0.2) is 4.79 Å². The number of hydrogen-bond acceptors (Lipinski definition) is 4. The minimum Gasteiger partial charge on any atom is -0.444 e. The summed E-state index contributed by atoms with van der Waals surface area (Å²) in [4.78, 5) is 13.5. The highest BCUT2D eigenvalue weighted by molar-refractivity contribution is 5.69. The van der Waals surface area contributed by atoms with Crippen molar-refractivity contribution in [1.29, 1.82) is 0 Å². The molecule has 2 atom stereocenters. The normalized spacial score (nSPS) is 24.1. The molecule has 1 heterocycles. The van der Waals surface area contributed by atoms with Gasteiger partial charge >= 0.3 is 6.09 Å². The van der Waals surface area contributed by atoms with Crippen molar-refractivity contribution in [1.82, 2.24) is 4.90 Å². The Hall–Kier alpha value is -1.07. The Morgan fingerprint density at radius 2 is 2.22 bits per heavy atom. The number of likely N-dealkylation sites (tertiary alicyclic amines) is 1. The highest BCUT2D eigenvalue weighted by Crippen LogP contribution is 2.22. The standard InChI is InChI=1S/C13H23NO4/c1-5-6-17-11-7-10(9-15)14(8-11)12(16)18-13(2,3)4/h5,10-11,15H,1,6-9H2,2-4H3/t10-,11+/m0/s1. The van der Waals surface area contributed by atoms with Crippen molar-refractivity contribution in [2.24, 2.45) is 0 Å². The predicted octanol–water partition coefficient (Wildman–Crippen LogP) is 1.56. The Bertz CT molecular complexity index is 298. The van der Waals surface area contributed by atoms with E-state index in [-0.39, 0.29) is 18.8 Å². The smallest absolute Gasteiger partial charge is 0.410 e. The molecule has 1 saturated heterocycles. The molecule has 1 N–H and O–H groups in total. The van der Waals surface area contributed by atoms with Crippen LogP contribution < -0.4 is 0 Å². The third-order valence-corrected chi connectivity index (χ3v) is 2.66. The Balaban J connectivity index is 2.58. The molecule has 0 bridgehead atoms. The summed E-state index contributed by atoms with van der Waals surface area (Å²) in [6.07, 6.45) is 1.84. The lowest BCUT2D eigenvalue weighted by Crippen LogP contribution is -2.41. The van der Waals surface area contributed by atoms with Crippen LogP contribution in [0.15, 0.2) is 12.7 Å². The molecule has 1 rings (SSSR count). The second kappa shape index (κ2) is 6.20. The maximum Gasteiger partial charge on any atom is 0.410 e. The summed E-state index contributed by atoms with van der Waals surface area (Å²) < 4.78 is 10.8. The predicted molar refractivity (Wildman–Crippen MR) is 68.4 cm³/mol. The molecule has 1 aliphatic heterocycles. The van der Waals surface area contributed by atoms with Gasteiger partial charge in [0.2, 0.25) is 0 Å². The van der Waals surface area contributed by atoms with Crippen molar-refractivity contribution in [2.75, 3.05) is 19.8 Å². The molecule has 104 valence electrons. The minimum absolute atomic E-state index is 0.0623. The molecule has 0 spiro atoms. The summed E-state index contributed by atoms with van der Waals surface area (Å²) >= 11 is 0. The SMILES string of the molecule is C=CCO[C@@H]1C[C@@H](CO)N(C(=O)OC(C)(C)C)C1. The third kappa shape index (κ3) is 4.31. The third-order valence-electron chi connectivity index (χ3n) is 2.66. The van der Waals surface area contributed by atoms with Gasteiger partial charge in [-0.2, -0.15) is 0 Å². The fraction of sp³-hybridized carbons (Fsp3) is 0.769. The van der Waals surface area contributed by atoms with Crippen LogP contribution in [0.5, 0.6) is 0 Å². The fourth-order valence-corrected chi connectivity index (χ4v) is 1.92. The van der Waals surface area contributed by atoms with Crippen LogP contribution in [0.4, 0.5) is 4.79 Å². The van der Waals surface area contributed by atoms with Crippen molar-refractivity contribution >= 4 is 6.09 Å². The van der Waals surface area contributed by atoms with Crippen molar-refractivity contribution in [3.05, 3.63) is 12.7 Å². The number of carbonyl (C=O) groups excluding carboxylic acids is 1. The molecule has 1 fully saturated rings. The van der Waals surface area contributed by atoms with Gasteiger partial charge in [0.25, 0.3) is 0 Å². The topological polar surface area (TPSA) is 59.0 Å². The van der Waals surface area contributed by atoms with E-state index < -0.39 is 11.7 Å². The average molecular weight is 257 g/mol. The molecular weight excluding hydrogens is 234 g/mol. The number of aliphatic hydroxyl groups excluding tert-OH is 1. The van der Waals surface area contributed by atoms with E-state index >= 15 is 0 Å². The first-order valence-electron chi connectivity index (χ1n) is 6.20. The fourth-order valence-electron chi connectivity index (χ4n) is 1.92. The van der Waals surface area contributed by atoms with E-state index in [4.69, 9.17) is 9.47 Å². The molecule has 5 heteroatoms. The molecule has 0 aromatic heterocycles. The number of carbonyl (C=O) groups is 1. The zero-order valence-electron chi connectivity index (χ0n) is 11.4. The molecule has 0 aromatic carbocycles. The van der Waals surface area contributed by atoms with Crippen LogP contribution in [-0.4, -0.2) is 53.6 Å². The van der Waals surface area contributed by atoms with Gasteiger partial charge in [0.1, 0.15) is 5.60 Å². The maximum absolute atomic E-state index is 12.0. The number of rotatable bonds is 4. The van der Waals surface area contributed by atoms with Crippen molar-refractivity contribution in [2.45, 2.75) is 44.9 Å². The second-order valence-corrected chi connectivity index (χ2v) is 5.45. The highest BCUT2D eigenvalue weighted by Gasteiger charge is 2.37. The van der Waals surface area contributed by atoms with Crippen molar-refractivity contribution < 1.29 is 19.4 Å². The van der Waals surface area contributed by atoms with Crippen LogP contribution in [0.3, 0.4) is 0 Å². The number of aliphatic hydroxyl groups is 1. The molecule has 1 amide bonds. The lowest BCUT2D eigenvalue weighted by Gasteiger charge is -2.27. The Morgan fingerprint density at radius 3 is 2.72 bits per heavy atom. The van der Waals surface area contributed by atoms with E-state index in [0.717, 1.165) is 0 Å². The maximum atomic E-state index is 12.0. The van der Waals surface area contributed by atoms with Crippen LogP contribution in [0.1, 0.15) is 27.2 Å². The quantitative estimate of drug-likeness (QED) is 0.776. The van der Waals surface area contributed by atoms with Crippen LogP contribution in [0, 0.1) is 0 Å². The number of ether oxygens (including phenoxy) is 2. The Kier molecular flexibility index (Phi) is 5.16. The first-order chi connectivity index (χ1) is 8.37. The van der Waals surface area contributed by atoms with Gasteiger partial charge < -0.3 is 19.5 Å². The van der Waals surface area contributed by atoms with Gasteiger partial charge in [0, 0.05) is 0 Å². The summed E-state index contributed by atoms with van der Waals surface area (Å²) in [6.45, 7) is 9.87. The first-order valence-corrected chi connectivity index (χ1v) is 6.20. The molecule has 5 nitrogen and oxygen atoms in total. The highest BCUT2D eigenvalue weighted by atomic mass is 16.6. The lowest BCUT2D eigenvalue weighted by atomic mass is 10.2. The Labute approximate surface area is 108 Å². The van der Waals surface area contributed by atoms with Crippen LogP contribution in [0.2, 0.25) is 0 Å². The number of hydrogen-bond donors (Lipinski definition) is 1. The largest absolute Gasteiger partial charge is 0.444 e. The Morgan fingerprint density at radius 1 is 1.56 bits per heavy atom. The number of nitrogens with zero attached hydrogens (tertiary/aromatic N) is 1. The van der Waals surface area contributed by atoms with E-state index in [2.05, 4.69) is 6.58 Å². The van der Waals surface area contributed by atoms with Gasteiger partial charge in [0.15, 0.2) is 0 Å². The minimum atomic E-state index is -0.531. The molecule has 0 radical (unpaired) electrons. The van der Waals surface area contributed by atoms with E-state index in [1.807, 2.05) is 20.8 Å². The van der Waals surface area contributed by atoms with Crippen molar-refractivity contribution in [3.63, 3.8) is 0 Å². The van der Waals surface area contributed by atoms with Gasteiger partial charge in [0.05, 0.1) is 31.9 Å². The summed E-state index contributed by atoms with van der Waals surface area (Å²) in [6, 6.07) is -0.227.